The molecule has 1 aliphatic rings. The lowest BCUT2D eigenvalue weighted by molar-refractivity contribution is -0.0205. The van der Waals surface area contributed by atoms with Gasteiger partial charge in [0.1, 0.15) is 5.60 Å². The number of aromatic nitrogens is 2. The predicted octanol–water partition coefficient (Wildman–Crippen LogP) is 6.50. The minimum atomic E-state index is -2.80. The summed E-state index contributed by atoms with van der Waals surface area (Å²) in [5, 5.41) is 10.7. The number of hydrogen-bond acceptors (Lipinski definition) is 7. The van der Waals surface area contributed by atoms with Crippen LogP contribution in [0.5, 0.6) is 0 Å². The van der Waals surface area contributed by atoms with E-state index < -0.39 is 29.6 Å². The third-order valence-corrected chi connectivity index (χ3v) is 6.08. The number of nitrogens with zero attached hydrogens (tertiary/aromatic N) is 3. The van der Waals surface area contributed by atoms with Crippen molar-refractivity contribution in [3.05, 3.63) is 24.1 Å². The summed E-state index contributed by atoms with van der Waals surface area (Å²) in [6.45, 7) is 8.41. The molecule has 0 aliphatic carbocycles. The van der Waals surface area contributed by atoms with Crippen molar-refractivity contribution in [3.8, 4) is 11.5 Å². The van der Waals surface area contributed by atoms with Gasteiger partial charge >= 0.3 is 12.1 Å². The molecule has 1 unspecified atom stereocenters. The number of ether oxygens (including phenoxy) is 1. The quantitative estimate of drug-likeness (QED) is 0.502. The number of amides is 3. The average molecular weight is 483 g/mol. The molecular weight excluding hydrogens is 454 g/mol. The molecule has 8 nitrogen and oxygen atoms in total. The van der Waals surface area contributed by atoms with E-state index in [1.807, 2.05) is 0 Å². The van der Waals surface area contributed by atoms with Crippen LogP contribution in [-0.2, 0) is 4.74 Å². The number of thioether (sulfide) groups is 1. The van der Waals surface area contributed by atoms with E-state index >= 15 is 0 Å². The number of hydrogen-bond donors (Lipinski definition) is 1. The van der Waals surface area contributed by atoms with Crippen LogP contribution in [0.4, 0.5) is 24.1 Å². The highest BCUT2D eigenvalue weighted by Crippen LogP contribution is 2.37. The van der Waals surface area contributed by atoms with Crippen molar-refractivity contribution in [1.29, 1.82) is 0 Å². The fourth-order valence-corrected chi connectivity index (χ4v) is 4.06. The maximum absolute atomic E-state index is 13.9. The SMILES string of the molecule is CCC(CC(F)(F)CC)c1nnc(-c2ccc3c(c2)NC(=O)N(C(=O)OC(C)(C)C)CS3)o1. The van der Waals surface area contributed by atoms with Gasteiger partial charge in [0.05, 0.1) is 11.6 Å². The van der Waals surface area contributed by atoms with Crippen molar-refractivity contribution in [2.45, 2.75) is 76.2 Å². The predicted molar refractivity (Wildman–Crippen MR) is 120 cm³/mol. The normalized spacial score (nSPS) is 15.5. The van der Waals surface area contributed by atoms with Crippen molar-refractivity contribution in [3.63, 3.8) is 0 Å². The van der Waals surface area contributed by atoms with Crippen molar-refractivity contribution in [1.82, 2.24) is 15.1 Å². The largest absolute Gasteiger partial charge is 0.443 e. The minimum Gasteiger partial charge on any atom is -0.443 e. The Balaban J connectivity index is 1.79. The second-order valence-electron chi connectivity index (χ2n) is 8.79. The summed E-state index contributed by atoms with van der Waals surface area (Å²) in [5.74, 6) is -2.95. The molecule has 0 saturated heterocycles. The molecule has 0 radical (unpaired) electrons. The highest BCUT2D eigenvalue weighted by Gasteiger charge is 2.33. The molecule has 1 aromatic heterocycles. The first-order valence-electron chi connectivity index (χ1n) is 10.7. The van der Waals surface area contributed by atoms with Crippen LogP contribution in [0.15, 0.2) is 27.5 Å². The fourth-order valence-electron chi connectivity index (χ4n) is 3.14. The zero-order valence-electron chi connectivity index (χ0n) is 19.3. The third kappa shape index (κ3) is 6.21. The molecule has 2 heterocycles. The summed E-state index contributed by atoms with van der Waals surface area (Å²) < 4.78 is 38.8. The van der Waals surface area contributed by atoms with Crippen molar-refractivity contribution in [2.24, 2.45) is 0 Å². The Morgan fingerprint density at radius 2 is 2.03 bits per heavy atom. The monoisotopic (exact) mass is 482 g/mol. The molecule has 3 amide bonds. The van der Waals surface area contributed by atoms with Crippen LogP contribution in [0.3, 0.4) is 0 Å². The summed E-state index contributed by atoms with van der Waals surface area (Å²) in [7, 11) is 0. The maximum atomic E-state index is 13.9. The fraction of sp³-hybridized carbons (Fsp3) is 0.545. The number of fused-ring (bicyclic) bond motifs is 1. The van der Waals surface area contributed by atoms with Crippen molar-refractivity contribution in [2.75, 3.05) is 11.2 Å². The van der Waals surface area contributed by atoms with Crippen LogP contribution in [-0.4, -0.2) is 44.6 Å². The summed E-state index contributed by atoms with van der Waals surface area (Å²) in [6, 6.07) is 4.53. The van der Waals surface area contributed by atoms with Gasteiger partial charge in [-0.1, -0.05) is 13.8 Å². The summed E-state index contributed by atoms with van der Waals surface area (Å²) in [4.78, 5) is 26.7. The molecular formula is C22H28F2N4O4S. The van der Waals surface area contributed by atoms with E-state index in [9.17, 15) is 18.4 Å². The number of imide groups is 1. The van der Waals surface area contributed by atoms with Gasteiger partial charge in [-0.15, -0.1) is 22.0 Å². The number of rotatable bonds is 6. The molecule has 1 aliphatic heterocycles. The zero-order chi connectivity index (χ0) is 24.4. The van der Waals surface area contributed by atoms with Crippen molar-refractivity contribution < 1.29 is 27.5 Å². The molecule has 2 aromatic rings. The van der Waals surface area contributed by atoms with E-state index in [2.05, 4.69) is 15.5 Å². The number of carbonyl (C=O) groups is 2. The second-order valence-corrected chi connectivity index (χ2v) is 9.77. The average Bonchev–Trinajstić information content (AvgIpc) is 3.15. The van der Waals surface area contributed by atoms with E-state index in [0.717, 1.165) is 9.80 Å². The van der Waals surface area contributed by atoms with Gasteiger partial charge in [-0.05, 0) is 45.4 Å². The Labute approximate surface area is 195 Å². The smallest absolute Gasteiger partial charge is 0.419 e. The zero-order valence-corrected chi connectivity index (χ0v) is 20.1. The van der Waals surface area contributed by atoms with Crippen LogP contribution in [0.25, 0.3) is 11.5 Å². The first-order chi connectivity index (χ1) is 15.4. The molecule has 1 atom stereocenters. The Kier molecular flexibility index (Phi) is 7.30. The van der Waals surface area contributed by atoms with Gasteiger partial charge in [0.25, 0.3) is 0 Å². The number of urea groups is 1. The lowest BCUT2D eigenvalue weighted by Gasteiger charge is -2.24. The lowest BCUT2D eigenvalue weighted by Crippen LogP contribution is -2.42. The number of alkyl halides is 2. The molecule has 0 spiro atoms. The van der Waals surface area contributed by atoms with Crippen LogP contribution >= 0.6 is 11.8 Å². The van der Waals surface area contributed by atoms with Gasteiger partial charge in [0.2, 0.25) is 17.7 Å². The summed E-state index contributed by atoms with van der Waals surface area (Å²) >= 11 is 1.29. The molecule has 33 heavy (non-hydrogen) atoms. The van der Waals surface area contributed by atoms with Crippen LogP contribution in [0.2, 0.25) is 0 Å². The van der Waals surface area contributed by atoms with E-state index in [1.165, 1.54) is 18.7 Å². The van der Waals surface area contributed by atoms with Gasteiger partial charge in [0, 0.05) is 29.2 Å². The molecule has 11 heteroatoms. The van der Waals surface area contributed by atoms with Gasteiger partial charge in [-0.2, -0.15) is 0 Å². The second kappa shape index (κ2) is 9.66. The molecule has 0 fully saturated rings. The molecule has 3 rings (SSSR count). The Hall–Kier alpha value is -2.69. The first-order valence-corrected chi connectivity index (χ1v) is 11.7. The number of halogens is 2. The molecule has 0 saturated carbocycles. The third-order valence-electron chi connectivity index (χ3n) is 5.02. The number of benzene rings is 1. The van der Waals surface area contributed by atoms with Crippen LogP contribution in [0, 0.1) is 0 Å². The standard InChI is InChI=1S/C22H28F2N4O4S/c1-6-13(11-22(23,24)7-2)17-26-27-18(31-17)14-8-9-16-15(10-14)25-19(29)28(12-33-16)20(30)32-21(3,4)5/h8-10,13H,6-7,11-12H2,1-5H3,(H,25,29). The topological polar surface area (TPSA) is 97.6 Å². The maximum Gasteiger partial charge on any atom is 0.419 e. The lowest BCUT2D eigenvalue weighted by atomic mass is 9.97. The number of nitrogens with one attached hydrogen (secondary N) is 1. The Morgan fingerprint density at radius 1 is 1.30 bits per heavy atom. The molecule has 1 aromatic carbocycles. The van der Waals surface area contributed by atoms with Crippen LogP contribution < -0.4 is 5.32 Å². The van der Waals surface area contributed by atoms with Gasteiger partial charge < -0.3 is 14.5 Å². The van der Waals surface area contributed by atoms with Gasteiger partial charge in [-0.3, -0.25) is 0 Å². The van der Waals surface area contributed by atoms with E-state index in [0.29, 0.717) is 17.7 Å². The highest BCUT2D eigenvalue weighted by atomic mass is 32.2. The highest BCUT2D eigenvalue weighted by molar-refractivity contribution is 7.99. The van der Waals surface area contributed by atoms with Gasteiger partial charge in [-0.25, -0.2) is 23.3 Å². The molecule has 1 N–H and O–H groups in total. The Bertz CT molecular complexity index is 1020. The van der Waals surface area contributed by atoms with Crippen molar-refractivity contribution >= 4 is 29.6 Å². The van der Waals surface area contributed by atoms with E-state index in [-0.39, 0.29) is 30.5 Å². The van der Waals surface area contributed by atoms with Crippen LogP contribution in [0.1, 0.15) is 65.7 Å². The first kappa shape index (κ1) is 24.9. The summed E-state index contributed by atoms with van der Waals surface area (Å²) in [6.07, 6.45) is -0.919. The Morgan fingerprint density at radius 3 is 2.67 bits per heavy atom. The number of carbonyl (C=O) groups excluding carboxylic acids is 2. The summed E-state index contributed by atoms with van der Waals surface area (Å²) in [5.41, 5.74) is 0.260. The minimum absolute atomic E-state index is 0.0849. The number of anilines is 1. The van der Waals surface area contributed by atoms with E-state index in [4.69, 9.17) is 9.15 Å². The van der Waals surface area contributed by atoms with E-state index in [1.54, 1.807) is 45.9 Å². The molecule has 180 valence electrons. The van der Waals surface area contributed by atoms with Gasteiger partial charge in [0.15, 0.2) is 0 Å². The molecule has 0 bridgehead atoms.